The summed E-state index contributed by atoms with van der Waals surface area (Å²) in [6.45, 7) is 3.33. The molecule has 1 N–H and O–H groups in total. The van der Waals surface area contributed by atoms with Crippen molar-refractivity contribution in [3.63, 3.8) is 0 Å². The number of rotatable bonds is 7. The number of carbonyl (C=O) groups is 1. The van der Waals surface area contributed by atoms with E-state index in [0.717, 1.165) is 18.6 Å². The third kappa shape index (κ3) is 4.92. The fourth-order valence-electron chi connectivity index (χ4n) is 1.39. The van der Waals surface area contributed by atoms with Gasteiger partial charge in [-0.15, -0.1) is 12.3 Å². The smallest absolute Gasteiger partial charge is 0.251 e. The molecular weight excluding hydrogens is 226 g/mol. The number of unbranched alkanes of at least 4 members (excludes halogenated alkanes) is 1. The highest BCUT2D eigenvalue weighted by Gasteiger charge is 2.04. The van der Waals surface area contributed by atoms with E-state index in [1.54, 1.807) is 12.1 Å². The van der Waals surface area contributed by atoms with Gasteiger partial charge in [0.1, 0.15) is 5.75 Å². The number of hydrogen-bond acceptors (Lipinski definition) is 2. The zero-order valence-electron chi connectivity index (χ0n) is 10.7. The highest BCUT2D eigenvalue weighted by Crippen LogP contribution is 2.12. The summed E-state index contributed by atoms with van der Waals surface area (Å²) in [5.74, 6) is 3.17. The normalized spacial score (nSPS) is 9.56. The Bertz CT molecular complexity index is 403. The van der Waals surface area contributed by atoms with Crippen LogP contribution in [-0.2, 0) is 0 Å². The summed E-state index contributed by atoms with van der Waals surface area (Å²) >= 11 is 0. The molecule has 0 aliphatic rings. The van der Waals surface area contributed by atoms with E-state index < -0.39 is 0 Å². The molecule has 3 nitrogen and oxygen atoms in total. The molecule has 1 aromatic rings. The van der Waals surface area contributed by atoms with Crippen molar-refractivity contribution in [2.45, 2.75) is 26.2 Å². The Morgan fingerprint density at radius 2 is 2.11 bits per heavy atom. The summed E-state index contributed by atoms with van der Waals surface area (Å²) in [7, 11) is 0. The van der Waals surface area contributed by atoms with Crippen molar-refractivity contribution in [2.24, 2.45) is 0 Å². The summed E-state index contributed by atoms with van der Waals surface area (Å²) < 4.78 is 5.52. The van der Waals surface area contributed by atoms with E-state index in [-0.39, 0.29) is 5.91 Å². The molecule has 0 heterocycles. The summed E-state index contributed by atoms with van der Waals surface area (Å²) in [4.78, 5) is 11.7. The highest BCUT2D eigenvalue weighted by molar-refractivity contribution is 5.94. The number of carbonyl (C=O) groups excluding carboxylic acids is 1. The van der Waals surface area contributed by atoms with Crippen LogP contribution in [0.3, 0.4) is 0 Å². The minimum Gasteiger partial charge on any atom is -0.494 e. The number of amides is 1. The maximum absolute atomic E-state index is 11.7. The minimum absolute atomic E-state index is 0.106. The minimum atomic E-state index is -0.106. The topological polar surface area (TPSA) is 38.3 Å². The van der Waals surface area contributed by atoms with Gasteiger partial charge in [0.25, 0.3) is 5.91 Å². The molecule has 1 aromatic carbocycles. The number of terminal acetylenes is 1. The fourth-order valence-corrected chi connectivity index (χ4v) is 1.39. The van der Waals surface area contributed by atoms with Gasteiger partial charge < -0.3 is 10.1 Å². The molecule has 0 aliphatic carbocycles. The first-order valence-corrected chi connectivity index (χ1v) is 6.22. The Hall–Kier alpha value is -1.95. The number of benzene rings is 1. The first kappa shape index (κ1) is 14.1. The van der Waals surface area contributed by atoms with Gasteiger partial charge in [-0.1, -0.05) is 13.3 Å². The maximum atomic E-state index is 11.7. The fraction of sp³-hybridized carbons (Fsp3) is 0.400. The molecule has 0 bridgehead atoms. The third-order valence-corrected chi connectivity index (χ3v) is 2.44. The zero-order chi connectivity index (χ0) is 13.2. The molecule has 0 unspecified atom stereocenters. The van der Waals surface area contributed by atoms with Crippen LogP contribution < -0.4 is 10.1 Å². The summed E-state index contributed by atoms with van der Waals surface area (Å²) in [5, 5.41) is 2.75. The van der Waals surface area contributed by atoms with Crippen molar-refractivity contribution >= 4 is 5.91 Å². The first-order valence-electron chi connectivity index (χ1n) is 6.22. The van der Waals surface area contributed by atoms with Crippen molar-refractivity contribution in [2.75, 3.05) is 13.2 Å². The molecule has 0 spiro atoms. The highest BCUT2D eigenvalue weighted by atomic mass is 16.5. The molecule has 96 valence electrons. The predicted molar refractivity (Wildman–Crippen MR) is 72.6 cm³/mol. The molecule has 0 atom stereocenters. The van der Waals surface area contributed by atoms with E-state index in [0.29, 0.717) is 25.1 Å². The SMILES string of the molecule is C#CCCNC(=O)c1ccc(OCCCC)cc1. The Kier molecular flexibility index (Phi) is 6.42. The molecular formula is C15H19NO2. The molecule has 18 heavy (non-hydrogen) atoms. The second kappa shape index (κ2) is 8.19. The molecule has 1 rings (SSSR count). The largest absolute Gasteiger partial charge is 0.494 e. The van der Waals surface area contributed by atoms with Crippen LogP contribution in [0.25, 0.3) is 0 Å². The van der Waals surface area contributed by atoms with Gasteiger partial charge in [-0.25, -0.2) is 0 Å². The quantitative estimate of drug-likeness (QED) is 0.592. The van der Waals surface area contributed by atoms with Crippen LogP contribution in [0, 0.1) is 12.3 Å². The van der Waals surface area contributed by atoms with Gasteiger partial charge in [-0.2, -0.15) is 0 Å². The van der Waals surface area contributed by atoms with Crippen LogP contribution >= 0.6 is 0 Å². The lowest BCUT2D eigenvalue weighted by molar-refractivity contribution is 0.0954. The molecule has 3 heteroatoms. The van der Waals surface area contributed by atoms with Crippen LogP contribution in [0.5, 0.6) is 5.75 Å². The second-order valence-electron chi connectivity index (χ2n) is 3.94. The lowest BCUT2D eigenvalue weighted by Gasteiger charge is -2.06. The van der Waals surface area contributed by atoms with Gasteiger partial charge in [0.2, 0.25) is 0 Å². The third-order valence-electron chi connectivity index (χ3n) is 2.44. The van der Waals surface area contributed by atoms with E-state index >= 15 is 0 Å². The lowest BCUT2D eigenvalue weighted by Crippen LogP contribution is -2.24. The van der Waals surface area contributed by atoms with Crippen molar-refractivity contribution < 1.29 is 9.53 Å². The molecule has 0 fully saturated rings. The predicted octanol–water partition coefficient (Wildman–Crippen LogP) is 2.62. The van der Waals surface area contributed by atoms with Gasteiger partial charge in [0.05, 0.1) is 6.61 Å². The molecule has 0 aromatic heterocycles. The van der Waals surface area contributed by atoms with Crippen LogP contribution in [-0.4, -0.2) is 19.1 Å². The summed E-state index contributed by atoms with van der Waals surface area (Å²) in [5.41, 5.74) is 0.620. The molecule has 0 saturated carbocycles. The maximum Gasteiger partial charge on any atom is 0.251 e. The van der Waals surface area contributed by atoms with Crippen molar-refractivity contribution in [3.05, 3.63) is 29.8 Å². The Morgan fingerprint density at radius 1 is 1.39 bits per heavy atom. The average molecular weight is 245 g/mol. The van der Waals surface area contributed by atoms with Gasteiger partial charge in [-0.05, 0) is 30.7 Å². The van der Waals surface area contributed by atoms with Gasteiger partial charge in [0, 0.05) is 18.5 Å². The summed E-state index contributed by atoms with van der Waals surface area (Å²) in [6, 6.07) is 7.14. The van der Waals surface area contributed by atoms with E-state index in [2.05, 4.69) is 18.2 Å². The molecule has 1 amide bonds. The lowest BCUT2D eigenvalue weighted by atomic mass is 10.2. The van der Waals surface area contributed by atoms with E-state index in [4.69, 9.17) is 11.2 Å². The molecule has 0 saturated heterocycles. The zero-order valence-corrected chi connectivity index (χ0v) is 10.7. The van der Waals surface area contributed by atoms with E-state index in [9.17, 15) is 4.79 Å². The number of hydrogen-bond donors (Lipinski definition) is 1. The average Bonchev–Trinajstić information content (AvgIpc) is 2.40. The van der Waals surface area contributed by atoms with Crippen molar-refractivity contribution in [1.29, 1.82) is 0 Å². The Balaban J connectivity index is 2.44. The van der Waals surface area contributed by atoms with Gasteiger partial charge in [-0.3, -0.25) is 4.79 Å². The van der Waals surface area contributed by atoms with Crippen LogP contribution in [0.2, 0.25) is 0 Å². The van der Waals surface area contributed by atoms with Crippen LogP contribution in [0.1, 0.15) is 36.5 Å². The van der Waals surface area contributed by atoms with E-state index in [1.165, 1.54) is 0 Å². The first-order chi connectivity index (χ1) is 8.77. The number of nitrogens with one attached hydrogen (secondary N) is 1. The van der Waals surface area contributed by atoms with Crippen molar-refractivity contribution in [1.82, 2.24) is 5.32 Å². The van der Waals surface area contributed by atoms with Gasteiger partial charge >= 0.3 is 0 Å². The molecule has 0 aliphatic heterocycles. The second-order valence-corrected chi connectivity index (χ2v) is 3.94. The Morgan fingerprint density at radius 3 is 2.72 bits per heavy atom. The van der Waals surface area contributed by atoms with Gasteiger partial charge in [0.15, 0.2) is 0 Å². The van der Waals surface area contributed by atoms with E-state index in [1.807, 2.05) is 12.1 Å². The Labute approximate surface area is 109 Å². The summed E-state index contributed by atoms with van der Waals surface area (Å²) in [6.07, 6.45) is 7.80. The molecule has 0 radical (unpaired) electrons. The van der Waals surface area contributed by atoms with Crippen molar-refractivity contribution in [3.8, 4) is 18.1 Å². The van der Waals surface area contributed by atoms with Crippen LogP contribution in [0.15, 0.2) is 24.3 Å². The monoisotopic (exact) mass is 245 g/mol. The standard InChI is InChI=1S/C15H19NO2/c1-3-5-11-16-15(17)13-7-9-14(10-8-13)18-12-6-4-2/h1,7-10H,4-6,11-12H2,2H3,(H,16,17). The number of ether oxygens (including phenoxy) is 1. The van der Waals surface area contributed by atoms with Crippen LogP contribution in [0.4, 0.5) is 0 Å².